The molecular formula is C19H18Cl2FNO3. The molecule has 0 spiro atoms. The van der Waals surface area contributed by atoms with E-state index in [1.165, 1.54) is 18.3 Å². The highest BCUT2D eigenvalue weighted by Crippen LogP contribution is 2.43. The van der Waals surface area contributed by atoms with Crippen molar-refractivity contribution in [3.8, 4) is 0 Å². The molecule has 3 rings (SSSR count). The summed E-state index contributed by atoms with van der Waals surface area (Å²) in [4.78, 5) is 16.8. The molecule has 2 aromatic rings. The van der Waals surface area contributed by atoms with Gasteiger partial charge in [0.15, 0.2) is 11.5 Å². The smallest absolute Gasteiger partial charge is 0.195 e. The van der Waals surface area contributed by atoms with Crippen LogP contribution in [0.15, 0.2) is 30.5 Å². The highest BCUT2D eigenvalue weighted by Gasteiger charge is 2.45. The average Bonchev–Trinajstić information content (AvgIpc) is 2.63. The van der Waals surface area contributed by atoms with Crippen molar-refractivity contribution in [1.29, 1.82) is 0 Å². The Morgan fingerprint density at radius 2 is 2.15 bits per heavy atom. The third-order valence-corrected chi connectivity index (χ3v) is 5.37. The number of nitrogens with zero attached hydrogens (tertiary/aromatic N) is 1. The molecule has 1 aliphatic carbocycles. The molecule has 0 fully saturated rings. The van der Waals surface area contributed by atoms with E-state index in [9.17, 15) is 15.0 Å². The maximum Gasteiger partial charge on any atom is 0.195 e. The van der Waals surface area contributed by atoms with Crippen LogP contribution in [0.2, 0.25) is 10.0 Å². The molecular weight excluding hydrogens is 380 g/mol. The van der Waals surface area contributed by atoms with Gasteiger partial charge in [0.2, 0.25) is 0 Å². The molecule has 0 saturated carbocycles. The van der Waals surface area contributed by atoms with Crippen LogP contribution in [-0.2, 0) is 23.5 Å². The number of hydrogen-bond acceptors (Lipinski definition) is 4. The van der Waals surface area contributed by atoms with Gasteiger partial charge in [-0.2, -0.15) is 0 Å². The number of halogens is 3. The Bertz CT molecular complexity index is 846. The Hall–Kier alpha value is -1.53. The number of pyridine rings is 1. The number of carbonyl (C=O) groups excluding carboxylic acids is 1. The van der Waals surface area contributed by atoms with Crippen LogP contribution >= 0.6 is 23.2 Å². The molecule has 138 valence electrons. The summed E-state index contributed by atoms with van der Waals surface area (Å²) in [6.07, 6.45) is 0.751. The molecule has 0 amide bonds. The zero-order valence-electron chi connectivity index (χ0n) is 13.9. The van der Waals surface area contributed by atoms with Crippen molar-refractivity contribution < 1.29 is 19.4 Å². The lowest BCUT2D eigenvalue weighted by molar-refractivity contribution is -0.133. The van der Waals surface area contributed by atoms with Gasteiger partial charge in [0.1, 0.15) is 0 Å². The molecule has 1 aromatic heterocycles. The molecule has 1 heterocycles. The normalized spacial score (nSPS) is 22.1. The van der Waals surface area contributed by atoms with Crippen molar-refractivity contribution in [1.82, 2.24) is 4.98 Å². The number of alkyl halides is 1. The van der Waals surface area contributed by atoms with Gasteiger partial charge >= 0.3 is 0 Å². The topological polar surface area (TPSA) is 70.4 Å². The average molecular weight is 398 g/mol. The monoisotopic (exact) mass is 397 g/mol. The van der Waals surface area contributed by atoms with Crippen LogP contribution in [0.3, 0.4) is 0 Å². The maximum atomic E-state index is 15.6. The molecule has 0 unspecified atom stereocenters. The van der Waals surface area contributed by atoms with Gasteiger partial charge in [-0.05, 0) is 48.6 Å². The number of benzene rings is 1. The number of aromatic nitrogens is 1. The van der Waals surface area contributed by atoms with Gasteiger partial charge < -0.3 is 10.2 Å². The summed E-state index contributed by atoms with van der Waals surface area (Å²) in [6.45, 7) is -0.274. The third kappa shape index (κ3) is 3.49. The molecule has 2 atom stereocenters. The molecule has 26 heavy (non-hydrogen) atoms. The Labute approximate surface area is 160 Å². The van der Waals surface area contributed by atoms with Crippen LogP contribution in [-0.4, -0.2) is 21.0 Å². The fourth-order valence-electron chi connectivity index (χ4n) is 3.43. The first-order chi connectivity index (χ1) is 12.4. The Balaban J connectivity index is 1.85. The molecule has 0 aliphatic heterocycles. The number of aliphatic hydroxyl groups is 2. The van der Waals surface area contributed by atoms with E-state index >= 15 is 4.39 Å². The number of ketones is 1. The SMILES string of the molecule is O=C(CCc1c(Cl)cc(Cl)cc1CO)[C@@]1(F)CC[C@@H](O)c2ncccc21. The first-order valence-corrected chi connectivity index (χ1v) is 9.05. The first-order valence-electron chi connectivity index (χ1n) is 8.30. The van der Waals surface area contributed by atoms with E-state index in [0.717, 1.165) is 0 Å². The number of aliphatic hydroxyl groups excluding tert-OH is 2. The predicted molar refractivity (Wildman–Crippen MR) is 96.9 cm³/mol. The summed E-state index contributed by atoms with van der Waals surface area (Å²) in [5, 5.41) is 20.2. The second-order valence-electron chi connectivity index (χ2n) is 6.40. The van der Waals surface area contributed by atoms with Crippen LogP contribution in [0.5, 0.6) is 0 Å². The molecule has 0 radical (unpaired) electrons. The van der Waals surface area contributed by atoms with Crippen molar-refractivity contribution in [2.45, 2.75) is 44.1 Å². The van der Waals surface area contributed by atoms with Crippen molar-refractivity contribution in [2.24, 2.45) is 0 Å². The van der Waals surface area contributed by atoms with E-state index < -0.39 is 17.6 Å². The minimum absolute atomic E-state index is 0.0880. The molecule has 0 bridgehead atoms. The third-order valence-electron chi connectivity index (χ3n) is 4.81. The van der Waals surface area contributed by atoms with Crippen molar-refractivity contribution in [2.75, 3.05) is 0 Å². The molecule has 2 N–H and O–H groups in total. The zero-order chi connectivity index (χ0) is 18.9. The van der Waals surface area contributed by atoms with Crippen molar-refractivity contribution in [3.63, 3.8) is 0 Å². The van der Waals surface area contributed by atoms with Crippen molar-refractivity contribution >= 4 is 29.0 Å². The van der Waals surface area contributed by atoms with Crippen LogP contribution in [0.25, 0.3) is 0 Å². The molecule has 1 aromatic carbocycles. The second-order valence-corrected chi connectivity index (χ2v) is 7.24. The van der Waals surface area contributed by atoms with Crippen molar-refractivity contribution in [3.05, 3.63) is 62.9 Å². The Morgan fingerprint density at radius 1 is 1.38 bits per heavy atom. The van der Waals surface area contributed by atoms with E-state index in [1.807, 2.05) is 0 Å². The largest absolute Gasteiger partial charge is 0.392 e. The fourth-order valence-corrected chi connectivity index (χ4v) is 4.06. The van der Waals surface area contributed by atoms with Gasteiger partial charge in [-0.15, -0.1) is 0 Å². The summed E-state index contributed by atoms with van der Waals surface area (Å²) in [6, 6.07) is 6.16. The van der Waals surface area contributed by atoms with Gasteiger partial charge in [-0.3, -0.25) is 9.78 Å². The van der Waals surface area contributed by atoms with E-state index in [-0.39, 0.29) is 43.5 Å². The molecule has 1 aliphatic rings. The fraction of sp³-hybridized carbons (Fsp3) is 0.368. The number of carbonyl (C=O) groups is 1. The minimum Gasteiger partial charge on any atom is -0.392 e. The lowest BCUT2D eigenvalue weighted by Crippen LogP contribution is -2.37. The number of Topliss-reactive ketones (excluding diaryl/α,β-unsaturated/α-hetero) is 1. The standard InChI is InChI=1S/C19H18Cl2FNO3/c20-12-8-11(10-24)13(15(21)9-12)3-4-17(26)19(22)6-5-16(25)18-14(19)2-1-7-23-18/h1-2,7-9,16,24-25H,3-6,10H2/t16-,19-/m1/s1. The highest BCUT2D eigenvalue weighted by atomic mass is 35.5. The van der Waals surface area contributed by atoms with E-state index in [0.29, 0.717) is 21.2 Å². The zero-order valence-corrected chi connectivity index (χ0v) is 15.4. The van der Waals surface area contributed by atoms with Gasteiger partial charge in [0.05, 0.1) is 18.4 Å². The van der Waals surface area contributed by atoms with E-state index in [4.69, 9.17) is 23.2 Å². The quantitative estimate of drug-likeness (QED) is 0.797. The lowest BCUT2D eigenvalue weighted by Gasteiger charge is -2.32. The highest BCUT2D eigenvalue weighted by molar-refractivity contribution is 6.35. The predicted octanol–water partition coefficient (Wildman–Crippen LogP) is 4.07. The maximum absolute atomic E-state index is 15.6. The second kappa shape index (κ2) is 7.61. The molecule has 0 saturated heterocycles. The molecule has 7 heteroatoms. The van der Waals surface area contributed by atoms with E-state index in [2.05, 4.69) is 4.98 Å². The summed E-state index contributed by atoms with van der Waals surface area (Å²) >= 11 is 12.1. The minimum atomic E-state index is -2.18. The van der Waals surface area contributed by atoms with Gasteiger partial charge in [-0.1, -0.05) is 29.3 Å². The Morgan fingerprint density at radius 3 is 2.88 bits per heavy atom. The molecule has 4 nitrogen and oxygen atoms in total. The van der Waals surface area contributed by atoms with Crippen LogP contribution < -0.4 is 0 Å². The van der Waals surface area contributed by atoms with Crippen LogP contribution in [0, 0.1) is 0 Å². The first kappa shape index (κ1) is 19.2. The summed E-state index contributed by atoms with van der Waals surface area (Å²) in [7, 11) is 0. The summed E-state index contributed by atoms with van der Waals surface area (Å²) in [5.41, 5.74) is -0.730. The van der Waals surface area contributed by atoms with Gasteiger partial charge in [-0.25, -0.2) is 4.39 Å². The van der Waals surface area contributed by atoms with E-state index in [1.54, 1.807) is 12.1 Å². The number of rotatable bonds is 5. The number of hydrogen-bond donors (Lipinski definition) is 2. The number of fused-ring (bicyclic) bond motifs is 1. The van der Waals surface area contributed by atoms with Crippen LogP contribution in [0.4, 0.5) is 4.39 Å². The van der Waals surface area contributed by atoms with Crippen LogP contribution in [0.1, 0.15) is 47.8 Å². The van der Waals surface area contributed by atoms with Gasteiger partial charge in [0, 0.05) is 28.2 Å². The summed E-state index contributed by atoms with van der Waals surface area (Å²) < 4.78 is 15.6. The summed E-state index contributed by atoms with van der Waals surface area (Å²) in [5.74, 6) is -0.589. The lowest BCUT2D eigenvalue weighted by atomic mass is 9.77. The Kier molecular flexibility index (Phi) is 5.63. The van der Waals surface area contributed by atoms with Gasteiger partial charge in [0.25, 0.3) is 0 Å².